The quantitative estimate of drug-likeness (QED) is 0.796. The maximum Gasteiger partial charge on any atom is 0.254 e. The summed E-state index contributed by atoms with van der Waals surface area (Å²) in [6.07, 6.45) is 5.87. The van der Waals surface area contributed by atoms with E-state index in [1.807, 2.05) is 5.01 Å². The number of nitriles is 1. The summed E-state index contributed by atoms with van der Waals surface area (Å²) >= 11 is 0. The van der Waals surface area contributed by atoms with Gasteiger partial charge < -0.3 is 0 Å². The van der Waals surface area contributed by atoms with Gasteiger partial charge in [-0.15, -0.1) is 0 Å². The van der Waals surface area contributed by atoms with Crippen molar-refractivity contribution in [1.29, 1.82) is 5.26 Å². The molecular weight excluding hydrogens is 214 g/mol. The van der Waals surface area contributed by atoms with Crippen LogP contribution >= 0.6 is 0 Å². The number of hydrazine groups is 1. The maximum atomic E-state index is 12.2. The molecule has 2 aliphatic rings. The number of amides is 1. The average molecular weight is 235 g/mol. The standard InChI is InChI=1S/C13H21N3O/c1-10-5-3-6-11(2)16(10)15-12(17)13(9-14)7-4-8-13/h10-11H,3-8H2,1-2H3,(H,15,17). The summed E-state index contributed by atoms with van der Waals surface area (Å²) < 4.78 is 0. The van der Waals surface area contributed by atoms with E-state index in [4.69, 9.17) is 5.26 Å². The predicted octanol–water partition coefficient (Wildman–Crippen LogP) is 1.97. The molecule has 0 bridgehead atoms. The highest BCUT2D eigenvalue weighted by atomic mass is 16.2. The molecule has 94 valence electrons. The van der Waals surface area contributed by atoms with E-state index < -0.39 is 5.41 Å². The fourth-order valence-corrected chi connectivity index (χ4v) is 2.79. The fraction of sp³-hybridized carbons (Fsp3) is 0.846. The summed E-state index contributed by atoms with van der Waals surface area (Å²) in [5.74, 6) is -0.0909. The van der Waals surface area contributed by atoms with Crippen molar-refractivity contribution in [3.8, 4) is 6.07 Å². The van der Waals surface area contributed by atoms with Crippen molar-refractivity contribution >= 4 is 5.91 Å². The van der Waals surface area contributed by atoms with Crippen molar-refractivity contribution in [3.05, 3.63) is 0 Å². The Hall–Kier alpha value is -1.08. The van der Waals surface area contributed by atoms with Crippen LogP contribution in [0.2, 0.25) is 0 Å². The highest BCUT2D eigenvalue weighted by Crippen LogP contribution is 2.40. The minimum Gasteiger partial charge on any atom is -0.287 e. The first-order valence-electron chi connectivity index (χ1n) is 6.60. The van der Waals surface area contributed by atoms with Gasteiger partial charge >= 0.3 is 0 Å². The molecule has 1 aliphatic heterocycles. The van der Waals surface area contributed by atoms with Gasteiger partial charge in [-0.1, -0.05) is 6.42 Å². The topological polar surface area (TPSA) is 56.1 Å². The lowest BCUT2D eigenvalue weighted by Crippen LogP contribution is -2.58. The van der Waals surface area contributed by atoms with Gasteiger partial charge in [-0.25, -0.2) is 5.01 Å². The van der Waals surface area contributed by atoms with E-state index in [0.29, 0.717) is 24.9 Å². The van der Waals surface area contributed by atoms with Crippen LogP contribution in [0.4, 0.5) is 0 Å². The number of nitrogens with zero attached hydrogens (tertiary/aromatic N) is 2. The number of hydrogen-bond acceptors (Lipinski definition) is 3. The van der Waals surface area contributed by atoms with Crippen molar-refractivity contribution in [3.63, 3.8) is 0 Å². The number of carbonyl (C=O) groups is 1. The van der Waals surface area contributed by atoms with Crippen molar-refractivity contribution in [2.45, 2.75) is 64.5 Å². The Kier molecular flexibility index (Phi) is 3.39. The van der Waals surface area contributed by atoms with Crippen LogP contribution in [-0.2, 0) is 4.79 Å². The molecule has 2 atom stereocenters. The van der Waals surface area contributed by atoms with Crippen LogP contribution in [0.25, 0.3) is 0 Å². The molecule has 4 nitrogen and oxygen atoms in total. The van der Waals surface area contributed by atoms with E-state index in [1.54, 1.807) is 0 Å². The zero-order chi connectivity index (χ0) is 12.5. The zero-order valence-electron chi connectivity index (χ0n) is 10.7. The van der Waals surface area contributed by atoms with E-state index in [9.17, 15) is 4.79 Å². The van der Waals surface area contributed by atoms with Crippen LogP contribution in [0.5, 0.6) is 0 Å². The molecule has 1 heterocycles. The molecule has 2 fully saturated rings. The summed E-state index contributed by atoms with van der Waals surface area (Å²) in [6, 6.07) is 2.94. The van der Waals surface area contributed by atoms with Gasteiger partial charge in [0.2, 0.25) is 0 Å². The van der Waals surface area contributed by atoms with Gasteiger partial charge in [0.25, 0.3) is 5.91 Å². The minimum absolute atomic E-state index is 0.0909. The Labute approximate surface area is 103 Å². The van der Waals surface area contributed by atoms with E-state index in [-0.39, 0.29) is 5.91 Å². The van der Waals surface area contributed by atoms with Crippen LogP contribution in [0.15, 0.2) is 0 Å². The normalized spacial score (nSPS) is 32.3. The van der Waals surface area contributed by atoms with Crippen LogP contribution in [0.3, 0.4) is 0 Å². The van der Waals surface area contributed by atoms with Crippen molar-refractivity contribution in [2.24, 2.45) is 5.41 Å². The van der Waals surface area contributed by atoms with Crippen LogP contribution in [-0.4, -0.2) is 23.0 Å². The lowest BCUT2D eigenvalue weighted by Gasteiger charge is -2.42. The molecule has 1 saturated heterocycles. The third-order valence-electron chi connectivity index (χ3n) is 4.28. The van der Waals surface area contributed by atoms with Crippen molar-refractivity contribution < 1.29 is 4.79 Å². The second-order valence-electron chi connectivity index (χ2n) is 5.52. The smallest absolute Gasteiger partial charge is 0.254 e. The Balaban J connectivity index is 2.00. The van der Waals surface area contributed by atoms with Gasteiger partial charge in [-0.2, -0.15) is 5.26 Å². The molecule has 0 aromatic heterocycles. The SMILES string of the molecule is CC1CCCC(C)N1NC(=O)C1(C#N)CCC1. The minimum atomic E-state index is -0.739. The molecular formula is C13H21N3O. The summed E-state index contributed by atoms with van der Waals surface area (Å²) in [7, 11) is 0. The first kappa shape index (κ1) is 12.4. The Morgan fingerprint density at radius 2 is 1.88 bits per heavy atom. The highest BCUT2D eigenvalue weighted by Gasteiger charge is 2.45. The molecule has 1 saturated carbocycles. The van der Waals surface area contributed by atoms with Crippen LogP contribution in [0, 0.1) is 16.7 Å². The molecule has 2 rings (SSSR count). The fourth-order valence-electron chi connectivity index (χ4n) is 2.79. The molecule has 1 aliphatic carbocycles. The molecule has 0 aromatic rings. The molecule has 4 heteroatoms. The third kappa shape index (κ3) is 2.16. The maximum absolute atomic E-state index is 12.2. The lowest BCUT2D eigenvalue weighted by atomic mass is 9.69. The number of carbonyl (C=O) groups excluding carboxylic acids is 1. The summed E-state index contributed by atoms with van der Waals surface area (Å²) in [5.41, 5.74) is 2.24. The van der Waals surface area contributed by atoms with E-state index in [2.05, 4.69) is 25.3 Å². The lowest BCUT2D eigenvalue weighted by molar-refractivity contribution is -0.140. The second kappa shape index (κ2) is 4.66. The third-order valence-corrected chi connectivity index (χ3v) is 4.28. The van der Waals surface area contributed by atoms with E-state index in [1.165, 1.54) is 6.42 Å². The number of rotatable bonds is 2. The van der Waals surface area contributed by atoms with Crippen LogP contribution in [0.1, 0.15) is 52.4 Å². The Morgan fingerprint density at radius 1 is 1.29 bits per heavy atom. The molecule has 0 radical (unpaired) electrons. The monoisotopic (exact) mass is 235 g/mol. The summed E-state index contributed by atoms with van der Waals surface area (Å²) in [5, 5.41) is 11.2. The van der Waals surface area contributed by atoms with Crippen molar-refractivity contribution in [1.82, 2.24) is 10.4 Å². The molecule has 1 amide bonds. The summed E-state index contributed by atoms with van der Waals surface area (Å²) in [4.78, 5) is 12.2. The zero-order valence-corrected chi connectivity index (χ0v) is 10.7. The number of piperidine rings is 1. The van der Waals surface area contributed by atoms with E-state index in [0.717, 1.165) is 19.3 Å². The van der Waals surface area contributed by atoms with Crippen molar-refractivity contribution in [2.75, 3.05) is 0 Å². The van der Waals surface area contributed by atoms with Gasteiger partial charge in [0.15, 0.2) is 0 Å². The molecule has 0 spiro atoms. The van der Waals surface area contributed by atoms with E-state index >= 15 is 0 Å². The first-order valence-corrected chi connectivity index (χ1v) is 6.60. The average Bonchev–Trinajstić information content (AvgIpc) is 2.23. The molecule has 17 heavy (non-hydrogen) atoms. The van der Waals surface area contributed by atoms with Gasteiger partial charge in [0.05, 0.1) is 6.07 Å². The van der Waals surface area contributed by atoms with Gasteiger partial charge in [0, 0.05) is 12.1 Å². The van der Waals surface area contributed by atoms with Gasteiger partial charge in [-0.3, -0.25) is 10.2 Å². The molecule has 2 unspecified atom stereocenters. The van der Waals surface area contributed by atoms with Crippen LogP contribution < -0.4 is 5.43 Å². The summed E-state index contributed by atoms with van der Waals surface area (Å²) in [6.45, 7) is 4.27. The largest absolute Gasteiger partial charge is 0.287 e. The Morgan fingerprint density at radius 3 is 2.29 bits per heavy atom. The number of hydrogen-bond donors (Lipinski definition) is 1. The van der Waals surface area contributed by atoms with Gasteiger partial charge in [0.1, 0.15) is 5.41 Å². The predicted molar refractivity (Wildman–Crippen MR) is 64.7 cm³/mol. The molecule has 0 aromatic carbocycles. The number of nitrogens with one attached hydrogen (secondary N) is 1. The van der Waals surface area contributed by atoms with Gasteiger partial charge in [-0.05, 0) is 46.0 Å². The molecule has 1 N–H and O–H groups in total. The Bertz CT molecular complexity index is 333. The first-order chi connectivity index (χ1) is 8.09. The second-order valence-corrected chi connectivity index (χ2v) is 5.52. The highest BCUT2D eigenvalue weighted by molar-refractivity contribution is 5.85.